The predicted octanol–water partition coefficient (Wildman–Crippen LogP) is 2.67. The lowest BCUT2D eigenvalue weighted by Crippen LogP contribution is -2.32. The standard InChI is InChI=1S/C20H15F6N5O4/c1-8(20(24,25)26)35-14-7-13(31-19(34)30(2)17(29-31)16(27)32)12(23)6-9(14)18(33)28-15-10(21)4-3-5-11(15)22/h3-8H,1-2H3,(H2,27,32)(H,28,33). The molecule has 2 aromatic carbocycles. The number of hydrogen-bond acceptors (Lipinski definition) is 5. The second kappa shape index (κ2) is 9.15. The highest BCUT2D eigenvalue weighted by molar-refractivity contribution is 6.06. The summed E-state index contributed by atoms with van der Waals surface area (Å²) in [5.74, 6) is -7.87. The number of alkyl halides is 3. The number of para-hydroxylation sites is 1. The molecule has 0 aliphatic carbocycles. The second-order valence-electron chi connectivity index (χ2n) is 7.09. The number of nitrogens with one attached hydrogen (secondary N) is 1. The van der Waals surface area contributed by atoms with Gasteiger partial charge < -0.3 is 15.8 Å². The van der Waals surface area contributed by atoms with E-state index in [2.05, 4.69) is 5.10 Å². The third-order valence-corrected chi connectivity index (χ3v) is 4.69. The number of primary amides is 1. The summed E-state index contributed by atoms with van der Waals surface area (Å²) in [6, 6.07) is 3.53. The van der Waals surface area contributed by atoms with Crippen molar-refractivity contribution < 1.29 is 40.7 Å². The van der Waals surface area contributed by atoms with E-state index in [0.717, 1.165) is 25.2 Å². The van der Waals surface area contributed by atoms with Crippen molar-refractivity contribution in [2.24, 2.45) is 12.8 Å². The fraction of sp³-hybridized carbons (Fsp3) is 0.200. The molecule has 1 aromatic heterocycles. The molecule has 1 atom stereocenters. The summed E-state index contributed by atoms with van der Waals surface area (Å²) in [5.41, 5.74) is 1.37. The zero-order chi connectivity index (χ0) is 26.2. The van der Waals surface area contributed by atoms with E-state index in [1.54, 1.807) is 5.32 Å². The van der Waals surface area contributed by atoms with Crippen molar-refractivity contribution in [2.75, 3.05) is 5.32 Å². The summed E-state index contributed by atoms with van der Waals surface area (Å²) in [6.07, 6.45) is -7.46. The normalized spacial score (nSPS) is 12.3. The summed E-state index contributed by atoms with van der Waals surface area (Å²) in [7, 11) is 1.08. The van der Waals surface area contributed by atoms with Gasteiger partial charge in [-0.2, -0.15) is 17.9 Å². The van der Waals surface area contributed by atoms with Crippen LogP contribution in [0.3, 0.4) is 0 Å². The van der Waals surface area contributed by atoms with Gasteiger partial charge >= 0.3 is 11.9 Å². The molecule has 0 aliphatic heterocycles. The van der Waals surface area contributed by atoms with Crippen LogP contribution in [0.5, 0.6) is 5.75 Å². The first kappa shape index (κ1) is 25.3. The van der Waals surface area contributed by atoms with E-state index in [1.807, 2.05) is 0 Å². The van der Waals surface area contributed by atoms with Gasteiger partial charge in [-0.15, -0.1) is 5.10 Å². The SMILES string of the molecule is CC(Oc1cc(-n2nc(C(N)=O)n(C)c2=O)c(F)cc1C(=O)Nc1c(F)cccc1F)C(F)(F)F. The van der Waals surface area contributed by atoms with Gasteiger partial charge in [-0.1, -0.05) is 6.07 Å². The Balaban J connectivity index is 2.17. The number of halogens is 6. The number of rotatable bonds is 6. The molecule has 3 aromatic rings. The first-order valence-corrected chi connectivity index (χ1v) is 9.50. The van der Waals surface area contributed by atoms with Crippen LogP contribution in [0.15, 0.2) is 35.1 Å². The van der Waals surface area contributed by atoms with E-state index in [9.17, 15) is 40.7 Å². The van der Waals surface area contributed by atoms with Crippen molar-refractivity contribution in [3.63, 3.8) is 0 Å². The van der Waals surface area contributed by atoms with Gasteiger partial charge in [0.15, 0.2) is 6.10 Å². The third-order valence-electron chi connectivity index (χ3n) is 4.69. The van der Waals surface area contributed by atoms with Crippen molar-refractivity contribution in [3.05, 3.63) is 69.7 Å². The fourth-order valence-corrected chi connectivity index (χ4v) is 2.84. The number of nitrogens with zero attached hydrogens (tertiary/aromatic N) is 3. The number of aromatic nitrogens is 3. The molecule has 1 heterocycles. The molecule has 1 unspecified atom stereocenters. The van der Waals surface area contributed by atoms with Crippen LogP contribution >= 0.6 is 0 Å². The van der Waals surface area contributed by atoms with Crippen molar-refractivity contribution in [2.45, 2.75) is 19.2 Å². The average molecular weight is 503 g/mol. The highest BCUT2D eigenvalue weighted by Gasteiger charge is 2.39. The molecule has 2 amide bonds. The lowest BCUT2D eigenvalue weighted by Gasteiger charge is -2.20. The minimum atomic E-state index is -4.93. The maximum Gasteiger partial charge on any atom is 0.425 e. The largest absolute Gasteiger partial charge is 0.480 e. The Kier molecular flexibility index (Phi) is 6.62. The van der Waals surface area contributed by atoms with E-state index >= 15 is 0 Å². The second-order valence-corrected chi connectivity index (χ2v) is 7.09. The highest BCUT2D eigenvalue weighted by Crippen LogP contribution is 2.31. The van der Waals surface area contributed by atoms with Crippen molar-refractivity contribution in [3.8, 4) is 11.4 Å². The lowest BCUT2D eigenvalue weighted by atomic mass is 10.1. The molecule has 0 aliphatic rings. The summed E-state index contributed by atoms with van der Waals surface area (Å²) in [6.45, 7) is 0.583. The van der Waals surface area contributed by atoms with Gasteiger partial charge in [0.05, 0.1) is 5.56 Å². The van der Waals surface area contributed by atoms with Crippen LogP contribution in [-0.2, 0) is 7.05 Å². The van der Waals surface area contributed by atoms with E-state index in [-0.39, 0.29) is 0 Å². The number of anilines is 1. The minimum absolute atomic E-state index is 0.318. The molecule has 15 heteroatoms. The van der Waals surface area contributed by atoms with Gasteiger partial charge in [0.25, 0.3) is 11.8 Å². The van der Waals surface area contributed by atoms with Gasteiger partial charge in [0.1, 0.15) is 34.6 Å². The Morgan fingerprint density at radius 3 is 2.23 bits per heavy atom. The molecule has 0 spiro atoms. The Hall–Kier alpha value is -4.30. The van der Waals surface area contributed by atoms with Crippen LogP contribution in [-0.4, -0.2) is 38.4 Å². The quantitative estimate of drug-likeness (QED) is 0.501. The van der Waals surface area contributed by atoms with Gasteiger partial charge in [-0.25, -0.2) is 18.0 Å². The molecule has 3 rings (SSSR count). The molecule has 186 valence electrons. The van der Waals surface area contributed by atoms with E-state index in [0.29, 0.717) is 28.3 Å². The Bertz CT molecular complexity index is 1360. The van der Waals surface area contributed by atoms with E-state index in [4.69, 9.17) is 10.5 Å². The van der Waals surface area contributed by atoms with Crippen LogP contribution in [0.1, 0.15) is 27.9 Å². The molecule has 0 bridgehead atoms. The van der Waals surface area contributed by atoms with Crippen molar-refractivity contribution >= 4 is 17.5 Å². The lowest BCUT2D eigenvalue weighted by molar-refractivity contribution is -0.189. The number of amides is 2. The molecule has 0 fully saturated rings. The number of carbonyl (C=O) groups is 2. The van der Waals surface area contributed by atoms with Crippen LogP contribution in [0.2, 0.25) is 0 Å². The zero-order valence-corrected chi connectivity index (χ0v) is 17.8. The van der Waals surface area contributed by atoms with E-state index in [1.165, 1.54) is 0 Å². The van der Waals surface area contributed by atoms with Crippen molar-refractivity contribution in [1.82, 2.24) is 14.3 Å². The number of ether oxygens (including phenoxy) is 1. The molecule has 0 saturated heterocycles. The van der Waals surface area contributed by atoms with Crippen LogP contribution in [0, 0.1) is 17.5 Å². The zero-order valence-electron chi connectivity index (χ0n) is 17.8. The van der Waals surface area contributed by atoms with Crippen LogP contribution in [0.25, 0.3) is 5.69 Å². The average Bonchev–Trinajstić information content (AvgIpc) is 3.05. The van der Waals surface area contributed by atoms with Crippen molar-refractivity contribution in [1.29, 1.82) is 0 Å². The summed E-state index contributed by atoms with van der Waals surface area (Å²) in [4.78, 5) is 36.5. The molecule has 0 saturated carbocycles. The first-order valence-electron chi connectivity index (χ1n) is 9.50. The predicted molar refractivity (Wildman–Crippen MR) is 108 cm³/mol. The number of hydrogen-bond donors (Lipinski definition) is 2. The van der Waals surface area contributed by atoms with Gasteiger partial charge in [0.2, 0.25) is 5.82 Å². The fourth-order valence-electron chi connectivity index (χ4n) is 2.84. The molecular weight excluding hydrogens is 488 g/mol. The Morgan fingerprint density at radius 1 is 1.11 bits per heavy atom. The number of carbonyl (C=O) groups excluding carboxylic acids is 2. The summed E-state index contributed by atoms with van der Waals surface area (Å²) < 4.78 is 87.9. The van der Waals surface area contributed by atoms with E-state index < -0.39 is 75.7 Å². The molecular formula is C20H15F6N5O4. The maximum absolute atomic E-state index is 14.9. The van der Waals surface area contributed by atoms with Gasteiger partial charge in [-0.3, -0.25) is 14.2 Å². The van der Waals surface area contributed by atoms with Crippen LogP contribution < -0.4 is 21.5 Å². The van der Waals surface area contributed by atoms with Gasteiger partial charge in [0, 0.05) is 13.1 Å². The molecule has 3 N–H and O–H groups in total. The minimum Gasteiger partial charge on any atom is -0.480 e. The molecule has 0 radical (unpaired) electrons. The smallest absolute Gasteiger partial charge is 0.425 e. The summed E-state index contributed by atoms with van der Waals surface area (Å²) >= 11 is 0. The topological polar surface area (TPSA) is 121 Å². The molecule has 35 heavy (non-hydrogen) atoms. The van der Waals surface area contributed by atoms with Gasteiger partial charge in [-0.05, 0) is 25.1 Å². The first-order chi connectivity index (χ1) is 16.2. The Morgan fingerprint density at radius 2 is 1.71 bits per heavy atom. The monoisotopic (exact) mass is 503 g/mol. The summed E-state index contributed by atoms with van der Waals surface area (Å²) in [5, 5.41) is 5.36. The Labute approximate surface area is 191 Å². The number of benzene rings is 2. The molecule has 9 nitrogen and oxygen atoms in total. The third kappa shape index (κ3) is 4.97. The maximum atomic E-state index is 14.9. The number of nitrogens with two attached hydrogens (primary N) is 1. The van der Waals surface area contributed by atoms with Crippen LogP contribution in [0.4, 0.5) is 32.0 Å². The highest BCUT2D eigenvalue weighted by atomic mass is 19.4.